The summed E-state index contributed by atoms with van der Waals surface area (Å²) in [5.74, 6) is 0.805. The van der Waals surface area contributed by atoms with Gasteiger partial charge in [0.15, 0.2) is 5.82 Å². The first kappa shape index (κ1) is 20.4. The Morgan fingerprint density at radius 2 is 1.90 bits per heavy atom. The lowest BCUT2D eigenvalue weighted by atomic mass is 9.97. The Kier molecular flexibility index (Phi) is 6.29. The maximum absolute atomic E-state index is 12.7. The van der Waals surface area contributed by atoms with Crippen molar-refractivity contribution in [2.45, 2.75) is 26.3 Å². The third-order valence-electron chi connectivity index (χ3n) is 5.60. The maximum Gasteiger partial charge on any atom is 0.225 e. The lowest BCUT2D eigenvalue weighted by Gasteiger charge is -2.32. The number of carbonyl (C=O) groups is 1. The Bertz CT molecular complexity index is 1020. The van der Waals surface area contributed by atoms with Gasteiger partial charge in [-0.05, 0) is 49.1 Å². The summed E-state index contributed by atoms with van der Waals surface area (Å²) in [7, 11) is 0. The Morgan fingerprint density at radius 1 is 1.10 bits per heavy atom. The van der Waals surface area contributed by atoms with E-state index < -0.39 is 0 Å². The zero-order valence-corrected chi connectivity index (χ0v) is 17.8. The molecule has 1 aliphatic rings. The zero-order chi connectivity index (χ0) is 20.9. The molecular formula is C24H25ClN4O. The van der Waals surface area contributed by atoms with Gasteiger partial charge in [0.25, 0.3) is 0 Å². The molecule has 4 rings (SSSR count). The molecule has 0 radical (unpaired) electrons. The Labute approximate surface area is 182 Å². The van der Waals surface area contributed by atoms with Crippen LogP contribution in [-0.2, 0) is 11.3 Å². The zero-order valence-electron chi connectivity index (χ0n) is 17.0. The van der Waals surface area contributed by atoms with E-state index >= 15 is 0 Å². The molecule has 0 unspecified atom stereocenters. The first-order chi connectivity index (χ1) is 14.6. The van der Waals surface area contributed by atoms with E-state index in [1.54, 1.807) is 0 Å². The highest BCUT2D eigenvalue weighted by Crippen LogP contribution is 2.25. The maximum atomic E-state index is 12.7. The average Bonchev–Trinajstić information content (AvgIpc) is 2.79. The van der Waals surface area contributed by atoms with Gasteiger partial charge >= 0.3 is 0 Å². The summed E-state index contributed by atoms with van der Waals surface area (Å²) in [6, 6.07) is 19.7. The minimum Gasteiger partial charge on any atom is -0.354 e. The molecule has 30 heavy (non-hydrogen) atoms. The Hall–Kier alpha value is -2.92. The monoisotopic (exact) mass is 420 g/mol. The second-order valence-corrected chi connectivity index (χ2v) is 8.09. The van der Waals surface area contributed by atoms with Gasteiger partial charge in [-0.25, -0.2) is 0 Å². The highest BCUT2D eigenvalue weighted by Gasteiger charge is 2.26. The minimum absolute atomic E-state index is 0.0594. The molecule has 1 atom stereocenters. The van der Waals surface area contributed by atoms with Gasteiger partial charge in [0, 0.05) is 30.2 Å². The van der Waals surface area contributed by atoms with Gasteiger partial charge in [0.2, 0.25) is 5.91 Å². The number of aryl methyl sites for hydroxylation is 1. The first-order valence-electron chi connectivity index (χ1n) is 10.3. The van der Waals surface area contributed by atoms with E-state index in [-0.39, 0.29) is 11.8 Å². The second kappa shape index (κ2) is 9.26. The number of piperidine rings is 1. The van der Waals surface area contributed by atoms with E-state index in [2.05, 4.69) is 39.5 Å². The highest BCUT2D eigenvalue weighted by molar-refractivity contribution is 6.31. The molecular weight excluding hydrogens is 396 g/mol. The van der Waals surface area contributed by atoms with Gasteiger partial charge in [0.1, 0.15) is 0 Å². The number of hydrogen-bond donors (Lipinski definition) is 1. The van der Waals surface area contributed by atoms with Crippen LogP contribution in [0.2, 0.25) is 5.02 Å². The van der Waals surface area contributed by atoms with Gasteiger partial charge in [0.05, 0.1) is 11.6 Å². The quantitative estimate of drug-likeness (QED) is 0.653. The highest BCUT2D eigenvalue weighted by atomic mass is 35.5. The molecule has 1 amide bonds. The SMILES string of the molecule is Cc1ccccc1-c1ccc(N2CCC[C@H](C(=O)NCc3ccccc3Cl)C2)nn1. The van der Waals surface area contributed by atoms with Crippen molar-refractivity contribution in [3.63, 3.8) is 0 Å². The summed E-state index contributed by atoms with van der Waals surface area (Å²) in [4.78, 5) is 14.9. The van der Waals surface area contributed by atoms with Crippen molar-refractivity contribution in [1.82, 2.24) is 15.5 Å². The number of hydrogen-bond acceptors (Lipinski definition) is 4. The number of aromatic nitrogens is 2. The van der Waals surface area contributed by atoms with E-state index in [4.69, 9.17) is 11.6 Å². The van der Waals surface area contributed by atoms with Gasteiger partial charge < -0.3 is 10.2 Å². The molecule has 1 aromatic heterocycles. The molecule has 1 aliphatic heterocycles. The Morgan fingerprint density at radius 3 is 2.67 bits per heavy atom. The molecule has 3 aromatic rings. The summed E-state index contributed by atoms with van der Waals surface area (Å²) < 4.78 is 0. The van der Waals surface area contributed by atoms with Crippen LogP contribution in [0.25, 0.3) is 11.3 Å². The molecule has 1 saturated heterocycles. The van der Waals surface area contributed by atoms with Crippen LogP contribution in [0.3, 0.4) is 0 Å². The molecule has 0 spiro atoms. The van der Waals surface area contributed by atoms with Gasteiger partial charge in [-0.3, -0.25) is 4.79 Å². The van der Waals surface area contributed by atoms with Gasteiger partial charge in [-0.2, -0.15) is 0 Å². The van der Waals surface area contributed by atoms with Crippen molar-refractivity contribution >= 4 is 23.3 Å². The number of carbonyl (C=O) groups excluding carboxylic acids is 1. The van der Waals surface area contributed by atoms with Crippen molar-refractivity contribution in [2.75, 3.05) is 18.0 Å². The lowest BCUT2D eigenvalue weighted by molar-refractivity contribution is -0.125. The predicted molar refractivity (Wildman–Crippen MR) is 120 cm³/mol. The smallest absolute Gasteiger partial charge is 0.225 e. The van der Waals surface area contributed by atoms with Crippen molar-refractivity contribution in [2.24, 2.45) is 5.92 Å². The predicted octanol–water partition coefficient (Wildman–Crippen LogP) is 4.64. The van der Waals surface area contributed by atoms with Crippen LogP contribution in [0.15, 0.2) is 60.7 Å². The molecule has 1 N–H and O–H groups in total. The van der Waals surface area contributed by atoms with Crippen LogP contribution in [-0.4, -0.2) is 29.2 Å². The van der Waals surface area contributed by atoms with Crippen molar-refractivity contribution in [3.8, 4) is 11.3 Å². The number of nitrogens with one attached hydrogen (secondary N) is 1. The summed E-state index contributed by atoms with van der Waals surface area (Å²) in [5.41, 5.74) is 4.06. The number of halogens is 1. The fraction of sp³-hybridized carbons (Fsp3) is 0.292. The fourth-order valence-corrected chi connectivity index (χ4v) is 4.07. The van der Waals surface area contributed by atoms with Crippen molar-refractivity contribution in [3.05, 3.63) is 76.8 Å². The normalized spacial score (nSPS) is 16.3. The molecule has 0 aliphatic carbocycles. The summed E-state index contributed by atoms with van der Waals surface area (Å²) in [6.45, 7) is 4.04. The lowest BCUT2D eigenvalue weighted by Crippen LogP contribution is -2.43. The third-order valence-corrected chi connectivity index (χ3v) is 5.97. The largest absolute Gasteiger partial charge is 0.354 e. The molecule has 6 heteroatoms. The number of nitrogens with zero attached hydrogens (tertiary/aromatic N) is 3. The van der Waals surface area contributed by atoms with E-state index in [1.807, 2.05) is 48.5 Å². The molecule has 2 heterocycles. The third kappa shape index (κ3) is 4.62. The summed E-state index contributed by atoms with van der Waals surface area (Å²) in [5, 5.41) is 12.6. The van der Waals surface area contributed by atoms with Crippen LogP contribution in [0, 0.1) is 12.8 Å². The molecule has 154 valence electrons. The first-order valence-corrected chi connectivity index (χ1v) is 10.7. The summed E-state index contributed by atoms with van der Waals surface area (Å²) in [6.07, 6.45) is 1.82. The average molecular weight is 421 g/mol. The Balaban J connectivity index is 1.39. The van der Waals surface area contributed by atoms with Crippen LogP contribution < -0.4 is 10.2 Å². The van der Waals surface area contributed by atoms with Crippen LogP contribution in [0.1, 0.15) is 24.0 Å². The van der Waals surface area contributed by atoms with Gasteiger partial charge in [-0.15, -0.1) is 10.2 Å². The fourth-order valence-electron chi connectivity index (χ4n) is 3.87. The number of rotatable bonds is 5. The molecule has 2 aromatic carbocycles. The standard InChI is InChI=1S/C24H25ClN4O/c1-17-7-2-4-10-20(17)22-12-13-23(28-27-22)29-14-6-9-19(16-29)24(30)26-15-18-8-3-5-11-21(18)25/h2-5,7-8,10-13,19H,6,9,14-16H2,1H3,(H,26,30)/t19-/m0/s1. The van der Waals surface area contributed by atoms with Crippen molar-refractivity contribution < 1.29 is 4.79 Å². The molecule has 0 bridgehead atoms. The summed E-state index contributed by atoms with van der Waals surface area (Å²) >= 11 is 6.19. The number of anilines is 1. The van der Waals surface area contributed by atoms with Crippen LogP contribution in [0.4, 0.5) is 5.82 Å². The van der Waals surface area contributed by atoms with E-state index in [0.29, 0.717) is 18.1 Å². The van der Waals surface area contributed by atoms with Crippen molar-refractivity contribution in [1.29, 1.82) is 0 Å². The van der Waals surface area contributed by atoms with E-state index in [9.17, 15) is 4.79 Å². The molecule has 1 fully saturated rings. The number of amides is 1. The van der Waals surface area contributed by atoms with Crippen LogP contribution >= 0.6 is 11.6 Å². The van der Waals surface area contributed by atoms with E-state index in [1.165, 1.54) is 5.56 Å². The molecule has 5 nitrogen and oxygen atoms in total. The second-order valence-electron chi connectivity index (χ2n) is 7.69. The van der Waals surface area contributed by atoms with E-state index in [0.717, 1.165) is 42.0 Å². The van der Waals surface area contributed by atoms with Gasteiger partial charge in [-0.1, -0.05) is 54.1 Å². The molecule has 0 saturated carbocycles. The topological polar surface area (TPSA) is 58.1 Å². The minimum atomic E-state index is -0.0703. The number of benzene rings is 2. The van der Waals surface area contributed by atoms with Crippen LogP contribution in [0.5, 0.6) is 0 Å².